The van der Waals surface area contributed by atoms with E-state index in [0.29, 0.717) is 31.2 Å². The zero-order valence-corrected chi connectivity index (χ0v) is 26.0. The van der Waals surface area contributed by atoms with Gasteiger partial charge in [0, 0.05) is 19.8 Å². The van der Waals surface area contributed by atoms with Crippen molar-refractivity contribution in [1.82, 2.24) is 5.32 Å². The molecule has 0 aliphatic rings. The minimum atomic E-state index is -2.94. The average Bonchev–Trinajstić information content (AvgIpc) is 2.95. The van der Waals surface area contributed by atoms with Crippen LogP contribution in [-0.4, -0.2) is 68.3 Å². The third-order valence-corrected chi connectivity index (χ3v) is 7.30. The monoisotopic (exact) mass is 619 g/mol. The third kappa shape index (κ3) is 15.7. The number of nitrogens with one attached hydrogen (secondary N) is 1. The van der Waals surface area contributed by atoms with E-state index in [0.717, 1.165) is 38.5 Å². The highest BCUT2D eigenvalue weighted by atomic mass is 16.5. The lowest BCUT2D eigenvalue weighted by Crippen LogP contribution is -2.55. The Labute approximate surface area is 259 Å². The molecule has 0 bridgehead atoms. The van der Waals surface area contributed by atoms with E-state index >= 15 is 0 Å². The number of carbonyl (C=O) groups is 5. The molecule has 11 heteroatoms. The van der Waals surface area contributed by atoms with Gasteiger partial charge in [-0.15, -0.1) is 0 Å². The SMILES string of the molecule is CCCCCCCC(=O)CCCCCC/C=C/[C@H](C(=O)N[C@H](COC(C)=O)Cc1ccc(O)cc1)[C@@](O)(CC(=O)O)C(=O)O. The van der Waals surface area contributed by atoms with Gasteiger partial charge in [-0.1, -0.05) is 69.7 Å². The molecule has 44 heavy (non-hydrogen) atoms. The lowest BCUT2D eigenvalue weighted by molar-refractivity contribution is -0.172. The molecule has 0 aliphatic heterocycles. The van der Waals surface area contributed by atoms with Crippen LogP contribution in [0, 0.1) is 5.92 Å². The minimum absolute atomic E-state index is 0.0290. The van der Waals surface area contributed by atoms with E-state index in [1.165, 1.54) is 38.0 Å². The van der Waals surface area contributed by atoms with Crippen molar-refractivity contribution < 1.29 is 49.1 Å². The van der Waals surface area contributed by atoms with Crippen molar-refractivity contribution in [1.29, 1.82) is 0 Å². The number of aliphatic hydroxyl groups is 1. The van der Waals surface area contributed by atoms with Crippen LogP contribution in [0.2, 0.25) is 0 Å². The van der Waals surface area contributed by atoms with E-state index in [9.17, 15) is 44.4 Å². The number of hydrogen-bond acceptors (Lipinski definition) is 8. The number of phenols is 1. The van der Waals surface area contributed by atoms with Gasteiger partial charge in [0.1, 0.15) is 18.1 Å². The molecule has 0 saturated heterocycles. The smallest absolute Gasteiger partial charge is 0.337 e. The first kappa shape index (κ1) is 38.3. The number of Topliss-reactive ketones (excluding diaryl/α,β-unsaturated/α-hetero) is 1. The Morgan fingerprint density at radius 1 is 0.909 bits per heavy atom. The van der Waals surface area contributed by atoms with Gasteiger partial charge in [-0.25, -0.2) is 4.79 Å². The Morgan fingerprint density at radius 2 is 1.50 bits per heavy atom. The number of aliphatic carboxylic acids is 2. The highest BCUT2D eigenvalue weighted by Gasteiger charge is 2.49. The fraction of sp³-hybridized carbons (Fsp3) is 0.606. The maximum Gasteiger partial charge on any atom is 0.337 e. The second-order valence-electron chi connectivity index (χ2n) is 11.2. The molecule has 1 aromatic rings. The number of hydrogen-bond donors (Lipinski definition) is 5. The van der Waals surface area contributed by atoms with E-state index in [-0.39, 0.29) is 24.6 Å². The van der Waals surface area contributed by atoms with Gasteiger partial charge in [0.2, 0.25) is 5.91 Å². The van der Waals surface area contributed by atoms with Crippen LogP contribution < -0.4 is 5.32 Å². The molecule has 0 heterocycles. The Kier molecular flexibility index (Phi) is 18.3. The van der Waals surface area contributed by atoms with Gasteiger partial charge in [-0.3, -0.25) is 19.2 Å². The molecule has 0 aromatic heterocycles. The van der Waals surface area contributed by atoms with Crippen molar-refractivity contribution in [2.45, 2.75) is 115 Å². The number of ketones is 1. The maximum absolute atomic E-state index is 13.4. The van der Waals surface area contributed by atoms with E-state index in [1.54, 1.807) is 18.2 Å². The van der Waals surface area contributed by atoms with Crippen LogP contribution in [0.15, 0.2) is 36.4 Å². The topological polar surface area (TPSA) is 188 Å². The summed E-state index contributed by atoms with van der Waals surface area (Å²) < 4.78 is 5.06. The Hall–Kier alpha value is -3.73. The Morgan fingerprint density at radius 3 is 2.05 bits per heavy atom. The van der Waals surface area contributed by atoms with E-state index in [2.05, 4.69) is 12.2 Å². The number of esters is 1. The normalized spacial score (nSPS) is 14.0. The highest BCUT2D eigenvalue weighted by molar-refractivity contribution is 5.93. The summed E-state index contributed by atoms with van der Waals surface area (Å²) in [5, 5.41) is 42.1. The molecule has 11 nitrogen and oxygen atoms in total. The maximum atomic E-state index is 13.4. The first-order valence-corrected chi connectivity index (χ1v) is 15.5. The van der Waals surface area contributed by atoms with Crippen molar-refractivity contribution in [3.05, 3.63) is 42.0 Å². The molecule has 246 valence electrons. The predicted molar refractivity (Wildman–Crippen MR) is 164 cm³/mol. The van der Waals surface area contributed by atoms with Crippen molar-refractivity contribution in [2.75, 3.05) is 6.61 Å². The molecule has 1 rings (SSSR count). The summed E-state index contributed by atoms with van der Waals surface area (Å²) in [5.74, 6) is -6.47. The number of aromatic hydroxyl groups is 1. The summed E-state index contributed by atoms with van der Waals surface area (Å²) in [7, 11) is 0. The van der Waals surface area contributed by atoms with E-state index in [4.69, 9.17) is 4.74 Å². The molecule has 5 N–H and O–H groups in total. The number of allylic oxidation sites excluding steroid dienone is 1. The lowest BCUT2D eigenvalue weighted by Gasteiger charge is -2.30. The van der Waals surface area contributed by atoms with Crippen LogP contribution in [-0.2, 0) is 35.1 Å². The first-order valence-electron chi connectivity index (χ1n) is 15.5. The van der Waals surface area contributed by atoms with Crippen LogP contribution in [0.1, 0.15) is 103 Å². The van der Waals surface area contributed by atoms with Gasteiger partial charge >= 0.3 is 17.9 Å². The minimum Gasteiger partial charge on any atom is -0.508 e. The molecule has 1 amide bonds. The number of carbonyl (C=O) groups excluding carboxylic acids is 3. The highest BCUT2D eigenvalue weighted by Crippen LogP contribution is 2.26. The van der Waals surface area contributed by atoms with Crippen molar-refractivity contribution >= 4 is 29.6 Å². The van der Waals surface area contributed by atoms with Gasteiger partial charge in [0.15, 0.2) is 5.60 Å². The standard InChI is InChI=1S/C33H49NO10/c1-3-4-5-8-11-14-27(36)15-12-9-6-7-10-13-16-29(33(43,32(41)42)22-30(38)39)31(40)34-26(23-44-24(2)35)21-25-17-19-28(37)20-18-25/h13,16-20,26,29,37,43H,3-12,14-15,21-23H2,1-2H3,(H,34,40)(H,38,39)(H,41,42)/b16-13+/t26-,29+,33-/m0/s1. The number of rotatable bonds is 24. The van der Waals surface area contributed by atoms with Crippen LogP contribution in [0.25, 0.3) is 0 Å². The summed E-state index contributed by atoms with van der Waals surface area (Å²) in [5.41, 5.74) is -2.27. The largest absolute Gasteiger partial charge is 0.508 e. The molecule has 3 atom stereocenters. The van der Waals surface area contributed by atoms with Crippen LogP contribution >= 0.6 is 0 Å². The predicted octanol–water partition coefficient (Wildman–Crippen LogP) is 4.72. The molecule has 0 saturated carbocycles. The zero-order valence-electron chi connectivity index (χ0n) is 26.0. The number of carboxylic acid groups (broad SMARTS) is 2. The van der Waals surface area contributed by atoms with Gasteiger partial charge in [-0.2, -0.15) is 0 Å². The number of phenolic OH excluding ortho intramolecular Hbond substituents is 1. The average molecular weight is 620 g/mol. The van der Waals surface area contributed by atoms with E-state index < -0.39 is 47.8 Å². The van der Waals surface area contributed by atoms with Crippen molar-refractivity contribution in [3.63, 3.8) is 0 Å². The van der Waals surface area contributed by atoms with Crippen molar-refractivity contribution in [3.8, 4) is 5.75 Å². The van der Waals surface area contributed by atoms with Crippen LogP contribution in [0.4, 0.5) is 0 Å². The summed E-state index contributed by atoms with van der Waals surface area (Å²) in [6.45, 7) is 3.08. The Balaban J connectivity index is 2.84. The number of benzene rings is 1. The Bertz CT molecular complexity index is 1080. The first-order chi connectivity index (χ1) is 20.9. The summed E-state index contributed by atoms with van der Waals surface area (Å²) >= 11 is 0. The second-order valence-corrected chi connectivity index (χ2v) is 11.2. The summed E-state index contributed by atoms with van der Waals surface area (Å²) in [4.78, 5) is 60.4. The number of unbranched alkanes of at least 4 members (excludes halogenated alkanes) is 8. The molecular formula is C33H49NO10. The van der Waals surface area contributed by atoms with E-state index in [1.807, 2.05) is 0 Å². The van der Waals surface area contributed by atoms with Crippen LogP contribution in [0.5, 0.6) is 5.75 Å². The van der Waals surface area contributed by atoms with Crippen LogP contribution in [0.3, 0.4) is 0 Å². The van der Waals surface area contributed by atoms with Crippen molar-refractivity contribution in [2.24, 2.45) is 5.92 Å². The summed E-state index contributed by atoms with van der Waals surface area (Å²) in [6.07, 6.45) is 11.9. The number of ether oxygens (including phenoxy) is 1. The quantitative estimate of drug-likeness (QED) is 0.0616. The summed E-state index contributed by atoms with van der Waals surface area (Å²) in [6, 6.07) is 5.24. The molecule has 0 spiro atoms. The molecule has 0 fully saturated rings. The number of amides is 1. The molecule has 0 unspecified atom stereocenters. The van der Waals surface area contributed by atoms with Gasteiger partial charge < -0.3 is 30.5 Å². The molecule has 0 radical (unpaired) electrons. The van der Waals surface area contributed by atoms with Gasteiger partial charge in [0.05, 0.1) is 18.4 Å². The fourth-order valence-electron chi connectivity index (χ4n) is 4.81. The van der Waals surface area contributed by atoms with Gasteiger partial charge in [0.25, 0.3) is 0 Å². The van der Waals surface area contributed by atoms with Gasteiger partial charge in [-0.05, 0) is 49.8 Å². The molecular weight excluding hydrogens is 570 g/mol. The number of carboxylic acids is 2. The molecule has 1 aromatic carbocycles. The lowest BCUT2D eigenvalue weighted by atomic mass is 9.82. The molecule has 0 aliphatic carbocycles. The fourth-order valence-corrected chi connectivity index (χ4v) is 4.81. The zero-order chi connectivity index (χ0) is 33.0. The second kappa shape index (κ2) is 21.1. The third-order valence-electron chi connectivity index (χ3n) is 7.30.